The minimum absolute atomic E-state index is 0.805. The van der Waals surface area contributed by atoms with Crippen molar-refractivity contribution in [3.63, 3.8) is 0 Å². The van der Waals surface area contributed by atoms with Gasteiger partial charge in [-0.2, -0.15) is 5.10 Å². The predicted octanol–water partition coefficient (Wildman–Crippen LogP) is 2.83. The summed E-state index contributed by atoms with van der Waals surface area (Å²) in [5.41, 5.74) is 2.81. The molecule has 0 N–H and O–H groups in total. The lowest BCUT2D eigenvalue weighted by molar-refractivity contribution is 0.398. The van der Waals surface area contributed by atoms with Crippen LogP contribution in [0.3, 0.4) is 0 Å². The molecule has 0 aliphatic heterocycles. The second kappa shape index (κ2) is 7.90. The van der Waals surface area contributed by atoms with Crippen LogP contribution < -0.4 is 4.74 Å². The van der Waals surface area contributed by atoms with E-state index in [4.69, 9.17) is 4.74 Å². The first-order valence-electron chi connectivity index (χ1n) is 8.32. The van der Waals surface area contributed by atoms with E-state index in [1.54, 1.807) is 7.11 Å². The van der Waals surface area contributed by atoms with Crippen LogP contribution in [0.15, 0.2) is 48.9 Å². The van der Waals surface area contributed by atoms with Gasteiger partial charge >= 0.3 is 0 Å². The normalized spacial score (nSPS) is 11.0. The van der Waals surface area contributed by atoms with Crippen LogP contribution >= 0.6 is 0 Å². The largest absolute Gasteiger partial charge is 0.497 e. The lowest BCUT2D eigenvalue weighted by Crippen LogP contribution is -2.14. The molecule has 0 fully saturated rings. The summed E-state index contributed by atoms with van der Waals surface area (Å²) in [6.45, 7) is 1.03. The van der Waals surface area contributed by atoms with Gasteiger partial charge in [0.15, 0.2) is 0 Å². The molecule has 0 amide bonds. The predicted molar refractivity (Wildman–Crippen MR) is 98.0 cm³/mol. The van der Waals surface area contributed by atoms with Crippen LogP contribution in [-0.4, -0.2) is 52.4 Å². The molecular formula is C19H23N5O. The Balaban J connectivity index is 1.77. The molecule has 2 heterocycles. The number of benzene rings is 1. The third-order valence-corrected chi connectivity index (χ3v) is 3.91. The molecule has 6 nitrogen and oxygen atoms in total. The monoisotopic (exact) mass is 337 g/mol. The van der Waals surface area contributed by atoms with Crippen LogP contribution in [0.4, 0.5) is 0 Å². The summed E-state index contributed by atoms with van der Waals surface area (Å²) in [5.74, 6) is 1.67. The van der Waals surface area contributed by atoms with Gasteiger partial charge in [0.2, 0.25) is 0 Å². The molecule has 3 rings (SSSR count). The zero-order valence-electron chi connectivity index (χ0n) is 14.9. The minimum Gasteiger partial charge on any atom is -0.497 e. The molecular weight excluding hydrogens is 314 g/mol. The lowest BCUT2D eigenvalue weighted by atomic mass is 10.2. The number of hydrogen-bond donors (Lipinski definition) is 0. The average Bonchev–Trinajstić information content (AvgIpc) is 3.12. The Morgan fingerprint density at radius 2 is 2.08 bits per heavy atom. The van der Waals surface area contributed by atoms with Crippen molar-refractivity contribution < 1.29 is 4.74 Å². The molecule has 0 atom stereocenters. The van der Waals surface area contributed by atoms with Crippen LogP contribution in [0, 0.1) is 0 Å². The highest BCUT2D eigenvalue weighted by molar-refractivity contribution is 5.57. The standard InChI is InChI=1S/C19H23N5O/c1-23(2)11-5-8-19-20-10-9-18(22-19)15-13-21-24(14-15)16-6-4-7-17(12-16)25-3/h4,6-7,9-10,12-14H,5,8,11H2,1-3H3. The summed E-state index contributed by atoms with van der Waals surface area (Å²) in [7, 11) is 5.81. The molecule has 3 aromatic rings. The summed E-state index contributed by atoms with van der Waals surface area (Å²) < 4.78 is 7.10. The zero-order valence-corrected chi connectivity index (χ0v) is 14.9. The fourth-order valence-electron chi connectivity index (χ4n) is 2.58. The Morgan fingerprint density at radius 1 is 1.20 bits per heavy atom. The Labute approximate surface area is 148 Å². The molecule has 0 spiro atoms. The summed E-state index contributed by atoms with van der Waals surface area (Å²) >= 11 is 0. The molecule has 0 saturated heterocycles. The van der Waals surface area contributed by atoms with Crippen LogP contribution in [0.1, 0.15) is 12.2 Å². The Bertz CT molecular complexity index is 828. The molecule has 25 heavy (non-hydrogen) atoms. The number of methoxy groups -OCH3 is 1. The van der Waals surface area contributed by atoms with Gasteiger partial charge in [-0.05, 0) is 45.3 Å². The van der Waals surface area contributed by atoms with Gasteiger partial charge < -0.3 is 9.64 Å². The molecule has 6 heteroatoms. The third-order valence-electron chi connectivity index (χ3n) is 3.91. The summed E-state index contributed by atoms with van der Waals surface area (Å²) in [6, 6.07) is 9.72. The molecule has 0 aliphatic carbocycles. The molecule has 0 radical (unpaired) electrons. The Kier molecular flexibility index (Phi) is 5.40. The fourth-order valence-corrected chi connectivity index (χ4v) is 2.58. The molecule has 0 aliphatic rings. The highest BCUT2D eigenvalue weighted by Crippen LogP contribution is 2.20. The fraction of sp³-hybridized carbons (Fsp3) is 0.316. The molecule has 130 valence electrons. The van der Waals surface area contributed by atoms with Crippen molar-refractivity contribution in [2.24, 2.45) is 0 Å². The van der Waals surface area contributed by atoms with Gasteiger partial charge in [0, 0.05) is 30.4 Å². The van der Waals surface area contributed by atoms with Crippen molar-refractivity contribution in [2.75, 3.05) is 27.7 Å². The first kappa shape index (κ1) is 17.1. The minimum atomic E-state index is 0.805. The molecule has 0 bridgehead atoms. The lowest BCUT2D eigenvalue weighted by Gasteiger charge is -2.08. The van der Waals surface area contributed by atoms with E-state index in [-0.39, 0.29) is 0 Å². The van der Waals surface area contributed by atoms with Crippen molar-refractivity contribution >= 4 is 0 Å². The van der Waals surface area contributed by atoms with Crippen molar-refractivity contribution in [3.8, 4) is 22.7 Å². The smallest absolute Gasteiger partial charge is 0.129 e. The number of aryl methyl sites for hydroxylation is 1. The summed E-state index contributed by atoms with van der Waals surface area (Å²) in [4.78, 5) is 11.2. The van der Waals surface area contributed by atoms with Gasteiger partial charge in [0.05, 0.1) is 24.7 Å². The quantitative estimate of drug-likeness (QED) is 0.663. The second-order valence-corrected chi connectivity index (χ2v) is 6.14. The molecule has 0 unspecified atom stereocenters. The second-order valence-electron chi connectivity index (χ2n) is 6.14. The van der Waals surface area contributed by atoms with E-state index in [0.717, 1.165) is 47.9 Å². The topological polar surface area (TPSA) is 56.1 Å². The van der Waals surface area contributed by atoms with E-state index < -0.39 is 0 Å². The summed E-state index contributed by atoms with van der Waals surface area (Å²) in [5, 5.41) is 4.45. The molecule has 0 saturated carbocycles. The van der Waals surface area contributed by atoms with Gasteiger partial charge in [0.1, 0.15) is 11.6 Å². The van der Waals surface area contributed by atoms with E-state index >= 15 is 0 Å². The van der Waals surface area contributed by atoms with E-state index in [2.05, 4.69) is 34.1 Å². The van der Waals surface area contributed by atoms with Crippen molar-refractivity contribution in [3.05, 3.63) is 54.7 Å². The zero-order chi connectivity index (χ0) is 17.6. The van der Waals surface area contributed by atoms with E-state index in [0.29, 0.717) is 0 Å². The number of rotatable bonds is 7. The Morgan fingerprint density at radius 3 is 2.88 bits per heavy atom. The van der Waals surface area contributed by atoms with Gasteiger partial charge in [-0.25, -0.2) is 14.6 Å². The van der Waals surface area contributed by atoms with Gasteiger partial charge in [-0.3, -0.25) is 0 Å². The maximum Gasteiger partial charge on any atom is 0.129 e. The number of hydrogen-bond acceptors (Lipinski definition) is 5. The van der Waals surface area contributed by atoms with Crippen LogP contribution in [0.2, 0.25) is 0 Å². The van der Waals surface area contributed by atoms with Gasteiger partial charge in [-0.1, -0.05) is 6.07 Å². The molecule has 2 aromatic heterocycles. The SMILES string of the molecule is COc1cccc(-n2cc(-c3ccnc(CCCN(C)C)n3)cn2)c1. The Hall–Kier alpha value is -2.73. The maximum absolute atomic E-state index is 5.27. The van der Waals surface area contributed by atoms with E-state index in [1.165, 1.54) is 0 Å². The number of ether oxygens (including phenoxy) is 1. The average molecular weight is 337 g/mol. The van der Waals surface area contributed by atoms with Crippen molar-refractivity contribution in [2.45, 2.75) is 12.8 Å². The number of nitrogens with zero attached hydrogens (tertiary/aromatic N) is 5. The highest BCUT2D eigenvalue weighted by Gasteiger charge is 2.07. The van der Waals surface area contributed by atoms with Crippen molar-refractivity contribution in [1.82, 2.24) is 24.6 Å². The maximum atomic E-state index is 5.27. The molecule has 1 aromatic carbocycles. The van der Waals surface area contributed by atoms with Gasteiger partial charge in [-0.15, -0.1) is 0 Å². The van der Waals surface area contributed by atoms with Crippen LogP contribution in [-0.2, 0) is 6.42 Å². The number of aromatic nitrogens is 4. The highest BCUT2D eigenvalue weighted by atomic mass is 16.5. The van der Waals surface area contributed by atoms with E-state index in [1.807, 2.05) is 53.6 Å². The van der Waals surface area contributed by atoms with Crippen LogP contribution in [0.25, 0.3) is 16.9 Å². The first-order valence-corrected chi connectivity index (χ1v) is 8.32. The van der Waals surface area contributed by atoms with Gasteiger partial charge in [0.25, 0.3) is 0 Å². The van der Waals surface area contributed by atoms with E-state index in [9.17, 15) is 0 Å². The third kappa shape index (κ3) is 4.42. The summed E-state index contributed by atoms with van der Waals surface area (Å²) in [6.07, 6.45) is 7.53. The van der Waals surface area contributed by atoms with Crippen molar-refractivity contribution in [1.29, 1.82) is 0 Å². The first-order chi connectivity index (χ1) is 12.2. The van der Waals surface area contributed by atoms with Crippen LogP contribution in [0.5, 0.6) is 5.75 Å².